The van der Waals surface area contributed by atoms with E-state index in [1.165, 1.54) is 12.1 Å². The smallest absolute Gasteiger partial charge is 0.416 e. The maximum atomic E-state index is 13.4. The van der Waals surface area contributed by atoms with Crippen molar-refractivity contribution in [3.05, 3.63) is 77.4 Å². The van der Waals surface area contributed by atoms with Gasteiger partial charge in [-0.1, -0.05) is 30.3 Å². The molecule has 1 N–H and O–H groups in total. The highest BCUT2D eigenvalue weighted by Gasteiger charge is 2.33. The van der Waals surface area contributed by atoms with Crippen molar-refractivity contribution in [2.24, 2.45) is 0 Å². The zero-order chi connectivity index (χ0) is 25.7. The number of halogens is 3. The minimum atomic E-state index is -4.39. The van der Waals surface area contributed by atoms with E-state index in [1.807, 2.05) is 22.8 Å². The molecule has 0 saturated carbocycles. The number of nitrogens with zero attached hydrogens (tertiary/aromatic N) is 3. The van der Waals surface area contributed by atoms with E-state index >= 15 is 0 Å². The summed E-state index contributed by atoms with van der Waals surface area (Å²) in [5.41, 5.74) is 0.568. The average molecular weight is 519 g/mol. The molecule has 0 aliphatic carbocycles. The number of hydrogen-bond acceptors (Lipinski definition) is 4. The van der Waals surface area contributed by atoms with Gasteiger partial charge in [-0.25, -0.2) is 4.98 Å². The zero-order valence-corrected chi connectivity index (χ0v) is 21.0. The van der Waals surface area contributed by atoms with Crippen molar-refractivity contribution in [1.82, 2.24) is 19.8 Å². The van der Waals surface area contributed by atoms with Crippen LogP contribution in [0.15, 0.2) is 54.9 Å². The fourth-order valence-electron chi connectivity index (χ4n) is 4.65. The summed E-state index contributed by atoms with van der Waals surface area (Å²) in [6.45, 7) is 2.10. The third kappa shape index (κ3) is 5.75. The molecular weight excluding hydrogens is 489 g/mol. The van der Waals surface area contributed by atoms with Gasteiger partial charge in [-0.3, -0.25) is 0 Å². The Balaban J connectivity index is 1.36. The highest BCUT2D eigenvalue weighted by Crippen LogP contribution is 2.34. The molecule has 6 nitrogen and oxygen atoms in total. The van der Waals surface area contributed by atoms with Gasteiger partial charge in [0, 0.05) is 50.1 Å². The molecule has 192 valence electrons. The molecule has 0 unspecified atom stereocenters. The number of rotatable bonds is 7. The van der Waals surface area contributed by atoms with E-state index in [-0.39, 0.29) is 18.0 Å². The SMILES string of the molecule is COc1cccc(CNC(=S)N2CCC(c3nccn3Cc3ccccc3C(F)(F)F)CC2)c1OC. The van der Waals surface area contributed by atoms with E-state index in [9.17, 15) is 13.2 Å². The number of ether oxygens (including phenoxy) is 2. The lowest BCUT2D eigenvalue weighted by atomic mass is 9.96. The molecule has 2 aromatic carbocycles. The van der Waals surface area contributed by atoms with Crippen LogP contribution in [0.25, 0.3) is 0 Å². The molecule has 0 spiro atoms. The van der Waals surface area contributed by atoms with Crippen LogP contribution in [0.1, 0.15) is 41.3 Å². The minimum Gasteiger partial charge on any atom is -0.493 e. The number of piperidine rings is 1. The molecule has 1 aliphatic heterocycles. The van der Waals surface area contributed by atoms with Crippen LogP contribution in [0.4, 0.5) is 13.2 Å². The molecule has 1 aliphatic rings. The van der Waals surface area contributed by atoms with Gasteiger partial charge < -0.3 is 24.3 Å². The number of aromatic nitrogens is 2. The fraction of sp³-hybridized carbons (Fsp3) is 0.385. The molecule has 3 aromatic rings. The number of hydrogen-bond donors (Lipinski definition) is 1. The van der Waals surface area contributed by atoms with Gasteiger partial charge >= 0.3 is 6.18 Å². The Bertz CT molecular complexity index is 1190. The Hall–Kier alpha value is -3.27. The maximum absolute atomic E-state index is 13.4. The Labute approximate surface area is 214 Å². The van der Waals surface area contributed by atoms with Crippen molar-refractivity contribution >= 4 is 17.3 Å². The minimum absolute atomic E-state index is 0.133. The molecule has 0 radical (unpaired) electrons. The third-order valence-corrected chi connectivity index (χ3v) is 6.88. The summed E-state index contributed by atoms with van der Waals surface area (Å²) in [6, 6.07) is 11.4. The number of nitrogens with one attached hydrogen (secondary N) is 1. The second-order valence-corrected chi connectivity index (χ2v) is 9.03. The molecule has 0 bridgehead atoms. The number of imidazole rings is 1. The van der Waals surface area contributed by atoms with Gasteiger partial charge in [0.2, 0.25) is 0 Å². The van der Waals surface area contributed by atoms with Crippen molar-refractivity contribution in [2.45, 2.75) is 38.0 Å². The Morgan fingerprint density at radius 3 is 2.47 bits per heavy atom. The summed E-state index contributed by atoms with van der Waals surface area (Å²) in [5.74, 6) is 2.30. The van der Waals surface area contributed by atoms with E-state index in [2.05, 4.69) is 15.2 Å². The van der Waals surface area contributed by atoms with Crippen molar-refractivity contribution in [1.29, 1.82) is 0 Å². The van der Waals surface area contributed by atoms with Crippen LogP contribution in [0.3, 0.4) is 0 Å². The van der Waals surface area contributed by atoms with Gasteiger partial charge in [0.25, 0.3) is 0 Å². The average Bonchev–Trinajstić information content (AvgIpc) is 3.34. The molecule has 1 saturated heterocycles. The molecule has 4 rings (SSSR count). The van der Waals surface area contributed by atoms with Crippen LogP contribution in [0.5, 0.6) is 11.5 Å². The lowest BCUT2D eigenvalue weighted by Gasteiger charge is -2.34. The molecule has 1 aromatic heterocycles. The second-order valence-electron chi connectivity index (χ2n) is 8.64. The van der Waals surface area contributed by atoms with Crippen LogP contribution >= 0.6 is 12.2 Å². The maximum Gasteiger partial charge on any atom is 0.416 e. The quantitative estimate of drug-likeness (QED) is 0.433. The molecule has 1 fully saturated rings. The molecule has 2 heterocycles. The number of benzene rings is 2. The van der Waals surface area contributed by atoms with E-state index in [4.69, 9.17) is 21.7 Å². The zero-order valence-electron chi connectivity index (χ0n) is 20.2. The van der Waals surface area contributed by atoms with Crippen LogP contribution in [-0.2, 0) is 19.3 Å². The molecule has 0 atom stereocenters. The summed E-state index contributed by atoms with van der Waals surface area (Å²) in [5, 5.41) is 3.96. The lowest BCUT2D eigenvalue weighted by Crippen LogP contribution is -2.44. The Kier molecular flexibility index (Phi) is 8.03. The topological polar surface area (TPSA) is 51.5 Å². The van der Waals surface area contributed by atoms with Gasteiger partial charge in [-0.05, 0) is 42.8 Å². The predicted molar refractivity (Wildman–Crippen MR) is 135 cm³/mol. The first kappa shape index (κ1) is 25.8. The van der Waals surface area contributed by atoms with E-state index in [1.54, 1.807) is 32.7 Å². The normalized spacial score (nSPS) is 14.5. The third-order valence-electron chi connectivity index (χ3n) is 6.47. The van der Waals surface area contributed by atoms with Crippen LogP contribution in [0.2, 0.25) is 0 Å². The summed E-state index contributed by atoms with van der Waals surface area (Å²) in [7, 11) is 3.21. The van der Waals surface area contributed by atoms with Crippen LogP contribution in [0, 0.1) is 0 Å². The first-order chi connectivity index (χ1) is 17.3. The highest BCUT2D eigenvalue weighted by atomic mass is 32.1. The van der Waals surface area contributed by atoms with Gasteiger partial charge in [-0.15, -0.1) is 0 Å². The van der Waals surface area contributed by atoms with Crippen molar-refractivity contribution in [3.63, 3.8) is 0 Å². The van der Waals surface area contributed by atoms with Gasteiger partial charge in [0.15, 0.2) is 16.6 Å². The summed E-state index contributed by atoms with van der Waals surface area (Å²) < 4.78 is 53.0. The summed E-state index contributed by atoms with van der Waals surface area (Å²) >= 11 is 5.63. The van der Waals surface area contributed by atoms with E-state index < -0.39 is 11.7 Å². The highest BCUT2D eigenvalue weighted by molar-refractivity contribution is 7.80. The number of para-hydroxylation sites is 1. The van der Waals surface area contributed by atoms with Crippen molar-refractivity contribution in [2.75, 3.05) is 27.3 Å². The van der Waals surface area contributed by atoms with Crippen molar-refractivity contribution in [3.8, 4) is 11.5 Å². The number of thiocarbonyl (C=S) groups is 1. The van der Waals surface area contributed by atoms with E-state index in [0.717, 1.165) is 43.4 Å². The molecular formula is C26H29F3N4O2S. The molecule has 10 heteroatoms. The standard InChI is InChI=1S/C26H29F3N4O2S/c1-34-22-9-5-7-19(23(22)35-2)16-31-25(36)32-13-10-18(11-14-32)24-30-12-15-33(24)17-20-6-3-4-8-21(20)26(27,28)29/h3-9,12,15,18H,10-11,13-14,16-17H2,1-2H3,(H,31,36). The summed E-state index contributed by atoms with van der Waals surface area (Å²) in [6.07, 6.45) is 0.638. The Morgan fingerprint density at radius 2 is 1.78 bits per heavy atom. The van der Waals surface area contributed by atoms with Gasteiger partial charge in [0.05, 0.1) is 19.8 Å². The van der Waals surface area contributed by atoms with E-state index in [0.29, 0.717) is 23.2 Å². The summed E-state index contributed by atoms with van der Waals surface area (Å²) in [4.78, 5) is 6.61. The fourth-order valence-corrected chi connectivity index (χ4v) is 4.90. The predicted octanol–water partition coefficient (Wildman–Crippen LogP) is 5.22. The lowest BCUT2D eigenvalue weighted by molar-refractivity contribution is -0.138. The molecule has 0 amide bonds. The van der Waals surface area contributed by atoms with Crippen LogP contribution < -0.4 is 14.8 Å². The largest absolute Gasteiger partial charge is 0.493 e. The number of alkyl halides is 3. The first-order valence-corrected chi connectivity index (χ1v) is 12.1. The van der Waals surface area contributed by atoms with Crippen molar-refractivity contribution < 1.29 is 22.6 Å². The second kappa shape index (κ2) is 11.2. The number of methoxy groups -OCH3 is 2. The van der Waals surface area contributed by atoms with Crippen LogP contribution in [-0.4, -0.2) is 46.9 Å². The first-order valence-electron chi connectivity index (χ1n) is 11.7. The number of likely N-dealkylation sites (tertiary alicyclic amines) is 1. The molecule has 36 heavy (non-hydrogen) atoms. The van der Waals surface area contributed by atoms with Gasteiger partial charge in [0.1, 0.15) is 5.82 Å². The Morgan fingerprint density at radius 1 is 1.06 bits per heavy atom. The van der Waals surface area contributed by atoms with Gasteiger partial charge in [-0.2, -0.15) is 13.2 Å². The monoisotopic (exact) mass is 518 g/mol.